The first kappa shape index (κ1) is 20.8. The van der Waals surface area contributed by atoms with Gasteiger partial charge >= 0.3 is 0 Å². The Balaban J connectivity index is 1.50. The lowest BCUT2D eigenvalue weighted by Crippen LogP contribution is -2.32. The third kappa shape index (κ3) is 4.42. The highest BCUT2D eigenvalue weighted by Gasteiger charge is 2.20. The number of phenolic OH excluding ortho intramolecular Hbond substituents is 1. The van der Waals surface area contributed by atoms with E-state index in [0.717, 1.165) is 52.5 Å². The summed E-state index contributed by atoms with van der Waals surface area (Å²) in [7, 11) is 0. The summed E-state index contributed by atoms with van der Waals surface area (Å²) < 4.78 is 2.29. The minimum atomic E-state index is 0.258. The van der Waals surface area contributed by atoms with Crippen LogP contribution in [0.5, 0.6) is 5.75 Å². The summed E-state index contributed by atoms with van der Waals surface area (Å²) in [6.07, 6.45) is 4.27. The number of hydrogen-bond acceptors (Lipinski definition) is 5. The van der Waals surface area contributed by atoms with Gasteiger partial charge in [0.2, 0.25) is 5.95 Å². The van der Waals surface area contributed by atoms with Crippen molar-refractivity contribution in [2.75, 3.05) is 18.4 Å². The molecule has 0 amide bonds. The summed E-state index contributed by atoms with van der Waals surface area (Å²) in [4.78, 5) is 9.40. The summed E-state index contributed by atoms with van der Waals surface area (Å²) in [6.45, 7) is 3.56. The Hall–Kier alpha value is -3.09. The fourth-order valence-electron chi connectivity index (χ4n) is 4.33. The zero-order valence-electron chi connectivity index (χ0n) is 17.8. The first-order chi connectivity index (χ1) is 15.7. The van der Waals surface area contributed by atoms with Crippen LogP contribution in [0.4, 0.5) is 5.95 Å². The van der Waals surface area contributed by atoms with Crippen LogP contribution in [0.2, 0.25) is 5.02 Å². The van der Waals surface area contributed by atoms with Crippen molar-refractivity contribution < 1.29 is 5.11 Å². The maximum atomic E-state index is 9.48. The summed E-state index contributed by atoms with van der Waals surface area (Å²) in [5.41, 5.74) is 4.04. The largest absolute Gasteiger partial charge is 0.508 e. The summed E-state index contributed by atoms with van der Waals surface area (Å²) in [5, 5.41) is 18.0. The van der Waals surface area contributed by atoms with Gasteiger partial charge in [0.25, 0.3) is 0 Å². The molecule has 7 heteroatoms. The van der Waals surface area contributed by atoms with Crippen molar-refractivity contribution >= 4 is 28.6 Å². The van der Waals surface area contributed by atoms with Crippen molar-refractivity contribution in [1.29, 1.82) is 0 Å². The molecule has 1 saturated heterocycles. The van der Waals surface area contributed by atoms with Crippen LogP contribution in [0.1, 0.15) is 18.4 Å². The minimum Gasteiger partial charge on any atom is -0.508 e. The Bertz CT molecular complexity index is 1210. The molecule has 2 aromatic heterocycles. The summed E-state index contributed by atoms with van der Waals surface area (Å²) in [6, 6.07) is 17.2. The molecule has 0 aliphatic carbocycles. The van der Waals surface area contributed by atoms with E-state index in [1.807, 2.05) is 36.5 Å². The van der Waals surface area contributed by atoms with Crippen LogP contribution < -0.4 is 10.6 Å². The highest BCUT2D eigenvalue weighted by atomic mass is 35.5. The predicted octanol–water partition coefficient (Wildman–Crippen LogP) is 5.07. The lowest BCUT2D eigenvalue weighted by molar-refractivity contribution is 0.341. The Morgan fingerprint density at radius 2 is 2.00 bits per heavy atom. The highest BCUT2D eigenvalue weighted by Crippen LogP contribution is 2.33. The van der Waals surface area contributed by atoms with Gasteiger partial charge in [-0.25, -0.2) is 4.98 Å². The molecule has 0 spiro atoms. The topological polar surface area (TPSA) is 75.0 Å². The molecule has 1 fully saturated rings. The zero-order valence-corrected chi connectivity index (χ0v) is 18.5. The van der Waals surface area contributed by atoms with Crippen LogP contribution >= 0.6 is 11.6 Å². The number of fused-ring (bicyclic) bond motifs is 1. The van der Waals surface area contributed by atoms with Crippen molar-refractivity contribution in [2.45, 2.75) is 25.9 Å². The third-order valence-corrected chi connectivity index (χ3v) is 6.34. The first-order valence-electron chi connectivity index (χ1n) is 11.0. The molecule has 1 atom stereocenters. The molecule has 5 rings (SSSR count). The normalized spacial score (nSPS) is 16.3. The number of phenols is 1. The first-order valence-corrected chi connectivity index (χ1v) is 11.4. The fraction of sp³-hybridized carbons (Fsp3) is 0.280. The van der Waals surface area contributed by atoms with Crippen LogP contribution in [-0.4, -0.2) is 32.7 Å². The number of benzene rings is 2. The van der Waals surface area contributed by atoms with Gasteiger partial charge < -0.3 is 20.3 Å². The molecule has 1 aliphatic heterocycles. The number of hydrogen-bond donors (Lipinski definition) is 3. The fourth-order valence-corrected chi connectivity index (χ4v) is 4.57. The molecule has 164 valence electrons. The average Bonchev–Trinajstić information content (AvgIpc) is 3.17. The number of piperidine rings is 1. The van der Waals surface area contributed by atoms with Gasteiger partial charge in [-0.1, -0.05) is 41.9 Å². The molecule has 0 bridgehead atoms. The van der Waals surface area contributed by atoms with Gasteiger partial charge in [-0.15, -0.1) is 0 Å². The van der Waals surface area contributed by atoms with Gasteiger partial charge in [-0.3, -0.25) is 0 Å². The molecule has 2 aromatic carbocycles. The molecule has 1 aliphatic rings. The molecule has 0 unspecified atom stereocenters. The monoisotopic (exact) mass is 447 g/mol. The van der Waals surface area contributed by atoms with Crippen LogP contribution in [0.15, 0.2) is 60.8 Å². The lowest BCUT2D eigenvalue weighted by Gasteiger charge is -2.24. The maximum absolute atomic E-state index is 9.48. The van der Waals surface area contributed by atoms with Crippen LogP contribution in [0.3, 0.4) is 0 Å². The SMILES string of the molecule is Oc1ccc(CNc2ncc3cc(-c4ccccc4Cl)n(C[C@@H]4CCCNC4)c3n2)cc1. The smallest absolute Gasteiger partial charge is 0.224 e. The van der Waals surface area contributed by atoms with Gasteiger partial charge in [-0.2, -0.15) is 4.98 Å². The molecule has 0 radical (unpaired) electrons. The quantitative estimate of drug-likeness (QED) is 0.385. The summed E-state index contributed by atoms with van der Waals surface area (Å²) in [5.74, 6) is 1.38. The minimum absolute atomic E-state index is 0.258. The van der Waals surface area contributed by atoms with Crippen LogP contribution in [0.25, 0.3) is 22.3 Å². The van der Waals surface area contributed by atoms with E-state index in [1.54, 1.807) is 12.1 Å². The van der Waals surface area contributed by atoms with E-state index in [-0.39, 0.29) is 5.75 Å². The summed E-state index contributed by atoms with van der Waals surface area (Å²) >= 11 is 6.57. The second-order valence-corrected chi connectivity index (χ2v) is 8.73. The van der Waals surface area contributed by atoms with E-state index in [1.165, 1.54) is 12.8 Å². The molecular weight excluding hydrogens is 422 g/mol. The Morgan fingerprint density at radius 1 is 1.16 bits per heavy atom. The predicted molar refractivity (Wildman–Crippen MR) is 129 cm³/mol. The molecule has 0 saturated carbocycles. The average molecular weight is 448 g/mol. The van der Waals surface area contributed by atoms with E-state index in [9.17, 15) is 5.11 Å². The third-order valence-electron chi connectivity index (χ3n) is 6.01. The van der Waals surface area contributed by atoms with Crippen molar-refractivity contribution in [1.82, 2.24) is 19.9 Å². The molecule has 32 heavy (non-hydrogen) atoms. The van der Waals surface area contributed by atoms with Crippen molar-refractivity contribution in [3.05, 3.63) is 71.4 Å². The molecule has 3 heterocycles. The van der Waals surface area contributed by atoms with E-state index in [2.05, 4.69) is 32.3 Å². The molecular formula is C25H26ClN5O. The van der Waals surface area contributed by atoms with E-state index < -0.39 is 0 Å². The Kier molecular flexibility index (Phi) is 5.97. The van der Waals surface area contributed by atoms with E-state index in [0.29, 0.717) is 18.4 Å². The molecule has 3 N–H and O–H groups in total. The number of aromatic nitrogens is 3. The number of nitrogens with zero attached hydrogens (tertiary/aromatic N) is 3. The number of aromatic hydroxyl groups is 1. The molecule has 6 nitrogen and oxygen atoms in total. The number of rotatable bonds is 6. The van der Waals surface area contributed by atoms with Crippen LogP contribution in [0, 0.1) is 5.92 Å². The Morgan fingerprint density at radius 3 is 2.78 bits per heavy atom. The molecule has 4 aromatic rings. The zero-order chi connectivity index (χ0) is 21.9. The number of halogens is 1. The number of anilines is 1. The van der Waals surface area contributed by atoms with Crippen LogP contribution in [-0.2, 0) is 13.1 Å². The van der Waals surface area contributed by atoms with Gasteiger partial charge in [0.05, 0.1) is 5.69 Å². The lowest BCUT2D eigenvalue weighted by atomic mass is 9.99. The second kappa shape index (κ2) is 9.18. The standard InChI is InChI=1S/C25H26ClN5O/c26-22-6-2-1-5-21(22)23-12-19-15-29-25(28-14-17-7-9-20(32)10-8-17)30-24(19)31(23)16-18-4-3-11-27-13-18/h1-2,5-10,12,15,18,27,32H,3-4,11,13-14,16H2,(H,28,29,30)/t18-/m1/s1. The van der Waals surface area contributed by atoms with Gasteiger partial charge in [-0.05, 0) is 61.7 Å². The van der Waals surface area contributed by atoms with Gasteiger partial charge in [0.1, 0.15) is 11.4 Å². The van der Waals surface area contributed by atoms with Gasteiger partial charge in [0, 0.05) is 35.3 Å². The number of nitrogens with one attached hydrogen (secondary N) is 2. The second-order valence-electron chi connectivity index (χ2n) is 8.32. The van der Waals surface area contributed by atoms with Crippen molar-refractivity contribution in [2.24, 2.45) is 5.92 Å². The van der Waals surface area contributed by atoms with E-state index in [4.69, 9.17) is 16.6 Å². The maximum Gasteiger partial charge on any atom is 0.224 e. The van der Waals surface area contributed by atoms with Gasteiger partial charge in [0.15, 0.2) is 0 Å². The Labute approximate surface area is 192 Å². The highest BCUT2D eigenvalue weighted by molar-refractivity contribution is 6.33. The van der Waals surface area contributed by atoms with Crippen molar-refractivity contribution in [3.63, 3.8) is 0 Å². The van der Waals surface area contributed by atoms with E-state index >= 15 is 0 Å². The van der Waals surface area contributed by atoms with Crippen molar-refractivity contribution in [3.8, 4) is 17.0 Å².